The van der Waals surface area contributed by atoms with Crippen molar-refractivity contribution in [2.24, 2.45) is 40.4 Å². The second-order valence-corrected chi connectivity index (χ2v) is 11.7. The third kappa shape index (κ3) is 3.23. The third-order valence-corrected chi connectivity index (χ3v) is 10.3. The summed E-state index contributed by atoms with van der Waals surface area (Å²) in [4.78, 5) is 24.9. The molecule has 4 aliphatic carbocycles. The molecule has 0 aromatic rings. The van der Waals surface area contributed by atoms with Crippen LogP contribution < -0.4 is 0 Å². The molecule has 1 heterocycles. The molecule has 1 saturated heterocycles. The van der Waals surface area contributed by atoms with E-state index in [1.807, 2.05) is 0 Å². The molecule has 5 aliphatic rings. The predicted octanol–water partition coefficient (Wildman–Crippen LogP) is 5.33. The molecule has 4 heteroatoms. The molecule has 5 rings (SSSR count). The molecule has 4 nitrogen and oxygen atoms in total. The van der Waals surface area contributed by atoms with Gasteiger partial charge in [0.05, 0.1) is 6.10 Å². The largest absolute Gasteiger partial charge is 0.353 e. The summed E-state index contributed by atoms with van der Waals surface area (Å²) in [6, 6.07) is 0. The van der Waals surface area contributed by atoms with Crippen molar-refractivity contribution in [3.8, 4) is 0 Å². The normalized spacial score (nSPS) is 51.0. The van der Waals surface area contributed by atoms with Gasteiger partial charge in [-0.25, -0.2) is 0 Å². The van der Waals surface area contributed by atoms with Gasteiger partial charge in [-0.15, -0.1) is 0 Å². The van der Waals surface area contributed by atoms with Crippen LogP contribution in [0.15, 0.2) is 0 Å². The average molecular weight is 417 g/mol. The van der Waals surface area contributed by atoms with Crippen molar-refractivity contribution >= 4 is 11.6 Å². The van der Waals surface area contributed by atoms with Crippen molar-refractivity contribution in [1.29, 1.82) is 0 Å². The number of fused-ring (bicyclic) bond motifs is 5. The Morgan fingerprint density at radius 1 is 1.07 bits per heavy atom. The van der Waals surface area contributed by atoms with Gasteiger partial charge < -0.3 is 9.47 Å². The number of ether oxygens (including phenoxy) is 2. The monoisotopic (exact) mass is 416 g/mol. The lowest BCUT2D eigenvalue weighted by molar-refractivity contribution is -0.252. The minimum Gasteiger partial charge on any atom is -0.353 e. The molecule has 0 spiro atoms. The zero-order chi connectivity index (χ0) is 21.1. The number of hydrogen-bond donors (Lipinski definition) is 0. The van der Waals surface area contributed by atoms with Crippen LogP contribution in [-0.2, 0) is 19.1 Å². The highest BCUT2D eigenvalue weighted by Gasteiger charge is 2.64. The molecule has 0 bridgehead atoms. The fraction of sp³-hybridized carbons (Fsp3) is 0.923. The van der Waals surface area contributed by atoms with Gasteiger partial charge in [0.15, 0.2) is 6.29 Å². The van der Waals surface area contributed by atoms with Gasteiger partial charge in [0.25, 0.3) is 0 Å². The van der Waals surface area contributed by atoms with Gasteiger partial charge in [-0.2, -0.15) is 0 Å². The second-order valence-electron chi connectivity index (χ2n) is 11.7. The van der Waals surface area contributed by atoms with E-state index in [1.54, 1.807) is 6.92 Å². The molecule has 0 aromatic carbocycles. The van der Waals surface area contributed by atoms with Gasteiger partial charge in [0, 0.05) is 25.4 Å². The van der Waals surface area contributed by atoms with E-state index in [2.05, 4.69) is 13.8 Å². The summed E-state index contributed by atoms with van der Waals surface area (Å²) < 4.78 is 12.8. The summed E-state index contributed by atoms with van der Waals surface area (Å²) in [7, 11) is 0. The minimum absolute atomic E-state index is 0.0556. The Hall–Kier alpha value is -0.740. The first-order chi connectivity index (χ1) is 14.3. The van der Waals surface area contributed by atoms with Gasteiger partial charge in [-0.3, -0.25) is 9.59 Å². The third-order valence-electron chi connectivity index (χ3n) is 10.3. The fourth-order valence-corrected chi connectivity index (χ4v) is 8.94. The molecular formula is C26H40O4. The maximum atomic E-state index is 12.6. The molecule has 0 aromatic heterocycles. The van der Waals surface area contributed by atoms with Crippen molar-refractivity contribution in [1.82, 2.24) is 0 Å². The summed E-state index contributed by atoms with van der Waals surface area (Å²) in [6.45, 7) is 7.47. The van der Waals surface area contributed by atoms with Crippen LogP contribution in [0.1, 0.15) is 91.4 Å². The van der Waals surface area contributed by atoms with E-state index >= 15 is 0 Å². The van der Waals surface area contributed by atoms with Crippen LogP contribution in [0.2, 0.25) is 0 Å². The molecule has 1 aliphatic heterocycles. The Bertz CT molecular complexity index is 697. The van der Waals surface area contributed by atoms with Crippen LogP contribution in [0.5, 0.6) is 0 Å². The van der Waals surface area contributed by atoms with Crippen molar-refractivity contribution in [3.63, 3.8) is 0 Å². The van der Waals surface area contributed by atoms with E-state index in [-0.39, 0.29) is 29.1 Å². The number of Topliss-reactive ketones (excluding diaryl/α,β-unsaturated/α-hetero) is 2. The van der Waals surface area contributed by atoms with E-state index < -0.39 is 0 Å². The van der Waals surface area contributed by atoms with Crippen molar-refractivity contribution < 1.29 is 19.1 Å². The highest BCUT2D eigenvalue weighted by atomic mass is 16.7. The van der Waals surface area contributed by atoms with E-state index in [9.17, 15) is 9.59 Å². The molecule has 4 saturated carbocycles. The fourth-order valence-electron chi connectivity index (χ4n) is 8.94. The molecule has 0 amide bonds. The van der Waals surface area contributed by atoms with Gasteiger partial charge in [-0.1, -0.05) is 13.8 Å². The summed E-state index contributed by atoms with van der Waals surface area (Å²) in [6.07, 6.45) is 11.5. The molecule has 30 heavy (non-hydrogen) atoms. The van der Waals surface area contributed by atoms with Crippen LogP contribution in [-0.4, -0.2) is 30.6 Å². The maximum absolute atomic E-state index is 12.6. The number of hydrogen-bond acceptors (Lipinski definition) is 4. The summed E-state index contributed by atoms with van der Waals surface area (Å²) in [5, 5.41) is 0. The van der Waals surface area contributed by atoms with Crippen LogP contribution in [0.25, 0.3) is 0 Å². The molecule has 168 valence electrons. The van der Waals surface area contributed by atoms with E-state index in [1.165, 1.54) is 25.7 Å². The first-order valence-electron chi connectivity index (χ1n) is 12.6. The van der Waals surface area contributed by atoms with Crippen LogP contribution in [0.4, 0.5) is 0 Å². The molecular weight excluding hydrogens is 376 g/mol. The Morgan fingerprint density at radius 2 is 1.90 bits per heavy atom. The lowest BCUT2D eigenvalue weighted by atomic mass is 9.44. The van der Waals surface area contributed by atoms with Crippen LogP contribution >= 0.6 is 0 Å². The zero-order valence-corrected chi connectivity index (χ0v) is 19.2. The Kier molecular flexibility index (Phi) is 5.41. The highest BCUT2D eigenvalue weighted by Crippen LogP contribution is 2.67. The van der Waals surface area contributed by atoms with Crippen molar-refractivity contribution in [2.45, 2.75) is 104 Å². The van der Waals surface area contributed by atoms with E-state index in [0.717, 1.165) is 51.6 Å². The summed E-state index contributed by atoms with van der Waals surface area (Å²) in [5.41, 5.74) is 0.242. The molecule has 0 N–H and O–H groups in total. The zero-order valence-electron chi connectivity index (χ0n) is 19.2. The highest BCUT2D eigenvalue weighted by molar-refractivity contribution is 5.80. The topological polar surface area (TPSA) is 52.6 Å². The molecule has 0 radical (unpaired) electrons. The lowest BCUT2D eigenvalue weighted by Gasteiger charge is -2.62. The van der Waals surface area contributed by atoms with Crippen molar-refractivity contribution in [3.05, 3.63) is 0 Å². The first kappa shape index (κ1) is 21.1. The Morgan fingerprint density at radius 3 is 2.63 bits per heavy atom. The number of ketones is 2. The first-order valence-corrected chi connectivity index (χ1v) is 12.6. The van der Waals surface area contributed by atoms with E-state index in [4.69, 9.17) is 9.47 Å². The SMILES string of the molecule is CC(=O)C1CCC2C3CC[C@@H]4CC(=O)CC[C@]4(C)C3C(OC3CCCCO3)C[C@]12C. The van der Waals surface area contributed by atoms with Gasteiger partial charge in [0.2, 0.25) is 0 Å². The Balaban J connectivity index is 1.50. The standard InChI is InChI=1S/C26H40O4/c1-16(27)20-9-10-21-19-8-7-17-14-18(28)11-12-25(17,2)24(19)22(15-26(20,21)3)30-23-6-4-5-13-29-23/h17,19-24H,4-15H2,1-3H3/t17-,19?,20?,21?,22?,23?,24?,25+,26-/m1/s1. The summed E-state index contributed by atoms with van der Waals surface area (Å²) >= 11 is 0. The number of carbonyl (C=O) groups is 2. The minimum atomic E-state index is -0.0871. The van der Waals surface area contributed by atoms with E-state index in [0.29, 0.717) is 35.2 Å². The number of carbonyl (C=O) groups excluding carboxylic acids is 2. The Labute approximate surface area is 181 Å². The average Bonchev–Trinajstić information content (AvgIpc) is 3.06. The quantitative estimate of drug-likeness (QED) is 0.624. The van der Waals surface area contributed by atoms with Crippen LogP contribution in [0.3, 0.4) is 0 Å². The molecule has 9 atom stereocenters. The van der Waals surface area contributed by atoms with Gasteiger partial charge in [-0.05, 0) is 99.2 Å². The van der Waals surface area contributed by atoms with Crippen LogP contribution in [0, 0.1) is 40.4 Å². The van der Waals surface area contributed by atoms with Gasteiger partial charge >= 0.3 is 0 Å². The smallest absolute Gasteiger partial charge is 0.157 e. The van der Waals surface area contributed by atoms with Crippen molar-refractivity contribution in [2.75, 3.05) is 6.61 Å². The summed E-state index contributed by atoms with van der Waals surface area (Å²) in [5.74, 6) is 3.26. The molecule has 5 fully saturated rings. The second kappa shape index (κ2) is 7.69. The maximum Gasteiger partial charge on any atom is 0.157 e. The number of rotatable bonds is 3. The van der Waals surface area contributed by atoms with Gasteiger partial charge in [0.1, 0.15) is 11.6 Å². The lowest BCUT2D eigenvalue weighted by Crippen LogP contribution is -2.60. The predicted molar refractivity (Wildman–Crippen MR) is 115 cm³/mol. The molecule has 6 unspecified atom stereocenters.